The summed E-state index contributed by atoms with van der Waals surface area (Å²) in [5.74, 6) is 0.465. The largest absolute Gasteiger partial charge is 0.315 e. The monoisotopic (exact) mass is 584 g/mol. The molecule has 2 aliphatic heterocycles. The molecule has 0 radical (unpaired) electrons. The lowest BCUT2D eigenvalue weighted by molar-refractivity contribution is 0.0549. The number of halogens is 2. The minimum absolute atomic E-state index is 0.0225. The Morgan fingerprint density at radius 3 is 2.62 bits per heavy atom. The predicted octanol–water partition coefficient (Wildman–Crippen LogP) is 4.34. The van der Waals surface area contributed by atoms with Gasteiger partial charge in [0.2, 0.25) is 0 Å². The van der Waals surface area contributed by atoms with Gasteiger partial charge in [-0.15, -0.1) is 5.10 Å². The van der Waals surface area contributed by atoms with Crippen molar-refractivity contribution in [1.29, 1.82) is 0 Å². The van der Waals surface area contributed by atoms with Crippen molar-refractivity contribution in [2.75, 3.05) is 32.7 Å². The van der Waals surface area contributed by atoms with Gasteiger partial charge >= 0.3 is 0 Å². The second kappa shape index (κ2) is 12.7. The molecule has 2 N–H and O–H groups in total. The van der Waals surface area contributed by atoms with Crippen LogP contribution in [0.1, 0.15) is 57.4 Å². The Bertz CT molecular complexity index is 1360. The van der Waals surface area contributed by atoms with Crippen LogP contribution in [0.5, 0.6) is 0 Å². The highest BCUT2D eigenvalue weighted by Crippen LogP contribution is 2.38. The molecule has 0 amide bonds. The summed E-state index contributed by atoms with van der Waals surface area (Å²) in [7, 11) is 0. The lowest BCUT2D eigenvalue weighted by atomic mass is 9.78. The summed E-state index contributed by atoms with van der Waals surface area (Å²) in [5, 5.41) is 16.2. The van der Waals surface area contributed by atoms with E-state index in [1.807, 2.05) is 10.6 Å². The van der Waals surface area contributed by atoms with Crippen LogP contribution in [0.25, 0.3) is 16.9 Å². The fourth-order valence-corrected chi connectivity index (χ4v) is 7.33. The number of fused-ring (bicyclic) bond motifs is 4. The van der Waals surface area contributed by atoms with Crippen molar-refractivity contribution >= 4 is 23.2 Å². The van der Waals surface area contributed by atoms with E-state index >= 15 is 0 Å². The third kappa shape index (κ3) is 6.14. The highest BCUT2D eigenvalue weighted by Gasteiger charge is 2.36. The Balaban J connectivity index is 1.31. The summed E-state index contributed by atoms with van der Waals surface area (Å²) in [6.45, 7) is 5.31. The Labute approximate surface area is 245 Å². The number of piperazine rings is 1. The molecule has 3 aliphatic rings. The summed E-state index contributed by atoms with van der Waals surface area (Å²) in [4.78, 5) is 21.3. The van der Waals surface area contributed by atoms with Crippen LogP contribution in [-0.2, 0) is 0 Å². The van der Waals surface area contributed by atoms with Crippen LogP contribution in [0.15, 0.2) is 41.6 Å². The Morgan fingerprint density at radius 2 is 1.80 bits per heavy atom. The van der Waals surface area contributed by atoms with Gasteiger partial charge in [0.05, 0.1) is 23.9 Å². The van der Waals surface area contributed by atoms with Gasteiger partial charge in [0.25, 0.3) is 5.56 Å². The van der Waals surface area contributed by atoms with Crippen LogP contribution in [0.3, 0.4) is 0 Å². The molecule has 4 atom stereocenters. The van der Waals surface area contributed by atoms with E-state index in [1.54, 1.807) is 35.4 Å². The van der Waals surface area contributed by atoms with Crippen molar-refractivity contribution in [1.82, 2.24) is 40.1 Å². The first-order valence-electron chi connectivity index (χ1n) is 14.7. The van der Waals surface area contributed by atoms with E-state index in [0.29, 0.717) is 40.0 Å². The number of hydrogen-bond donors (Lipinski definition) is 2. The maximum absolute atomic E-state index is 13.8. The van der Waals surface area contributed by atoms with E-state index in [2.05, 4.69) is 25.8 Å². The standard InChI is InChI=1S/C29H38Cl2N8O/c30-21-8-9-27(39-18-28(31)35-36-39)24(14-21)25-15-29(40)38(19-34-25)26-7-2-1-3-10-32-16-23-17-33-11-12-37(23)22-6-4-5-20(26)13-22/h8-9,14-15,18-20,22-23,26,32-33H,1-7,10-13,16-17H2/t20?,22?,23?,26-/m0/s1. The molecule has 9 nitrogen and oxygen atoms in total. The van der Waals surface area contributed by atoms with Gasteiger partial charge in [0, 0.05) is 61.0 Å². The first-order valence-corrected chi connectivity index (χ1v) is 15.5. The zero-order chi connectivity index (χ0) is 27.5. The number of nitrogens with one attached hydrogen (secondary N) is 2. The Hall–Kier alpha value is -2.30. The van der Waals surface area contributed by atoms with Gasteiger partial charge in [-0.25, -0.2) is 9.67 Å². The van der Waals surface area contributed by atoms with E-state index in [0.717, 1.165) is 64.8 Å². The van der Waals surface area contributed by atoms with E-state index in [1.165, 1.54) is 19.3 Å². The van der Waals surface area contributed by atoms with Gasteiger partial charge in [0.15, 0.2) is 5.15 Å². The second-order valence-electron chi connectivity index (χ2n) is 11.5. The molecule has 3 unspecified atom stereocenters. The zero-order valence-corrected chi connectivity index (χ0v) is 24.3. The zero-order valence-electron chi connectivity index (χ0n) is 22.8. The van der Waals surface area contributed by atoms with Crippen molar-refractivity contribution in [2.45, 2.75) is 69.5 Å². The normalized spacial score (nSPS) is 26.8. The summed E-state index contributed by atoms with van der Waals surface area (Å²) >= 11 is 12.4. The number of benzene rings is 1. The average molecular weight is 586 g/mol. The summed E-state index contributed by atoms with van der Waals surface area (Å²) in [6, 6.07) is 8.33. The highest BCUT2D eigenvalue weighted by molar-refractivity contribution is 6.31. The molecule has 40 heavy (non-hydrogen) atoms. The summed E-state index contributed by atoms with van der Waals surface area (Å²) < 4.78 is 3.50. The smallest absolute Gasteiger partial charge is 0.254 e. The molecule has 4 heterocycles. The summed E-state index contributed by atoms with van der Waals surface area (Å²) in [6.07, 6.45) is 12.6. The Kier molecular flexibility index (Phi) is 8.84. The van der Waals surface area contributed by atoms with Gasteiger partial charge in [-0.05, 0) is 62.8 Å². The van der Waals surface area contributed by atoms with Gasteiger partial charge < -0.3 is 10.6 Å². The fraction of sp³-hybridized carbons (Fsp3) is 0.586. The average Bonchev–Trinajstić information content (AvgIpc) is 3.41. The first kappa shape index (κ1) is 27.8. The fourth-order valence-electron chi connectivity index (χ4n) is 7.03. The van der Waals surface area contributed by atoms with Crippen LogP contribution in [0, 0.1) is 5.92 Å². The van der Waals surface area contributed by atoms with Crippen molar-refractivity contribution in [3.8, 4) is 16.9 Å². The molecule has 6 rings (SSSR count). The molecule has 2 saturated heterocycles. The SMILES string of the molecule is O=c1cc(-c2cc(Cl)ccc2-n2cc(Cl)nn2)ncn1[C@H]1CCCCCNCC2CNCCN2C2CCCC1C2. The lowest BCUT2D eigenvalue weighted by Crippen LogP contribution is -2.59. The lowest BCUT2D eigenvalue weighted by Gasteiger charge is -2.46. The molecule has 1 aromatic carbocycles. The summed E-state index contributed by atoms with van der Waals surface area (Å²) in [5.41, 5.74) is 1.96. The molecule has 1 aliphatic carbocycles. The predicted molar refractivity (Wildman–Crippen MR) is 158 cm³/mol. The van der Waals surface area contributed by atoms with Gasteiger partial charge in [0.1, 0.15) is 0 Å². The molecule has 1 saturated carbocycles. The van der Waals surface area contributed by atoms with Crippen molar-refractivity contribution < 1.29 is 0 Å². The molecule has 214 valence electrons. The third-order valence-electron chi connectivity index (χ3n) is 8.97. The highest BCUT2D eigenvalue weighted by atomic mass is 35.5. The van der Waals surface area contributed by atoms with Crippen LogP contribution in [0.2, 0.25) is 10.2 Å². The van der Waals surface area contributed by atoms with Crippen molar-refractivity contribution in [3.05, 3.63) is 57.3 Å². The molecule has 11 heteroatoms. The minimum atomic E-state index is -0.0225. The number of rotatable bonds is 3. The van der Waals surface area contributed by atoms with Crippen LogP contribution in [0.4, 0.5) is 0 Å². The molecule has 3 aromatic rings. The van der Waals surface area contributed by atoms with Gasteiger partial charge in [-0.1, -0.05) is 47.7 Å². The number of aromatic nitrogens is 5. The van der Waals surface area contributed by atoms with E-state index in [9.17, 15) is 4.79 Å². The van der Waals surface area contributed by atoms with Crippen LogP contribution < -0.4 is 16.2 Å². The van der Waals surface area contributed by atoms with Crippen molar-refractivity contribution in [3.63, 3.8) is 0 Å². The van der Waals surface area contributed by atoms with Gasteiger partial charge in [-0.3, -0.25) is 14.3 Å². The molecule has 3 fully saturated rings. The Morgan fingerprint density at radius 1 is 0.925 bits per heavy atom. The van der Waals surface area contributed by atoms with E-state index in [4.69, 9.17) is 28.2 Å². The first-order chi connectivity index (χ1) is 19.6. The van der Waals surface area contributed by atoms with Crippen molar-refractivity contribution in [2.24, 2.45) is 5.92 Å². The van der Waals surface area contributed by atoms with E-state index in [-0.39, 0.29) is 16.8 Å². The van der Waals surface area contributed by atoms with Gasteiger partial charge in [-0.2, -0.15) is 0 Å². The maximum atomic E-state index is 13.8. The maximum Gasteiger partial charge on any atom is 0.254 e. The molecular formula is C29H38Cl2N8O. The molecule has 2 aromatic heterocycles. The quantitative estimate of drug-likeness (QED) is 0.473. The molecule has 2 bridgehead atoms. The molecule has 0 spiro atoms. The van der Waals surface area contributed by atoms with E-state index < -0.39 is 0 Å². The minimum Gasteiger partial charge on any atom is -0.315 e. The van der Waals surface area contributed by atoms with Crippen LogP contribution >= 0.6 is 23.2 Å². The van der Waals surface area contributed by atoms with Crippen LogP contribution in [-0.4, -0.2) is 74.3 Å². The number of nitrogens with zero attached hydrogens (tertiary/aromatic N) is 6. The molecular weight excluding hydrogens is 547 g/mol. The second-order valence-corrected chi connectivity index (χ2v) is 12.3. The number of hydrogen-bond acceptors (Lipinski definition) is 7. The topological polar surface area (TPSA) is 92.9 Å². The third-order valence-corrected chi connectivity index (χ3v) is 9.38.